The van der Waals surface area contributed by atoms with Crippen LogP contribution in [0.2, 0.25) is 5.15 Å². The lowest BCUT2D eigenvalue weighted by Gasteiger charge is -2.13. The van der Waals surface area contributed by atoms with Gasteiger partial charge in [0.1, 0.15) is 17.3 Å². The summed E-state index contributed by atoms with van der Waals surface area (Å²) >= 11 is 5.95. The minimum Gasteiger partial charge on any atom is -0.394 e. The Bertz CT molecular complexity index is 529. The molecule has 17 heavy (non-hydrogen) atoms. The number of nitrogens with zero attached hydrogens (tertiary/aromatic N) is 4. The van der Waals surface area contributed by atoms with Gasteiger partial charge in [-0.25, -0.2) is 0 Å². The van der Waals surface area contributed by atoms with Gasteiger partial charge in [-0.3, -0.25) is 0 Å². The summed E-state index contributed by atoms with van der Waals surface area (Å²) in [4.78, 5) is 7.98. The lowest BCUT2D eigenvalue weighted by molar-refractivity contribution is 0.105. The standard InChI is InChI=1S/C9H12ClN5O2/c1-5-7(10)14-9-12-4-13-15(9)8(5)11-2-6(17)3-16/h4,6,11,16-17H,2-3H2,1H3. The molecule has 7 nitrogen and oxygen atoms in total. The molecule has 92 valence electrons. The van der Waals surface area contributed by atoms with Gasteiger partial charge in [0.05, 0.1) is 12.7 Å². The number of halogens is 1. The van der Waals surface area contributed by atoms with E-state index in [2.05, 4.69) is 20.4 Å². The molecule has 0 amide bonds. The van der Waals surface area contributed by atoms with Crippen molar-refractivity contribution < 1.29 is 10.2 Å². The highest BCUT2D eigenvalue weighted by atomic mass is 35.5. The zero-order valence-corrected chi connectivity index (χ0v) is 9.89. The van der Waals surface area contributed by atoms with Crippen molar-refractivity contribution in [1.29, 1.82) is 0 Å². The highest BCUT2D eigenvalue weighted by Crippen LogP contribution is 2.21. The second-order valence-electron chi connectivity index (χ2n) is 3.57. The van der Waals surface area contributed by atoms with Gasteiger partial charge >= 0.3 is 0 Å². The van der Waals surface area contributed by atoms with Crippen molar-refractivity contribution in [2.75, 3.05) is 18.5 Å². The Labute approximate surface area is 102 Å². The van der Waals surface area contributed by atoms with Crippen molar-refractivity contribution in [2.24, 2.45) is 0 Å². The van der Waals surface area contributed by atoms with Crippen LogP contribution < -0.4 is 5.32 Å². The molecule has 2 aromatic rings. The van der Waals surface area contributed by atoms with Crippen LogP contribution in [-0.4, -0.2) is 49.1 Å². The molecule has 0 spiro atoms. The number of aromatic nitrogens is 4. The molecule has 2 heterocycles. The van der Waals surface area contributed by atoms with E-state index in [1.807, 2.05) is 0 Å². The second-order valence-corrected chi connectivity index (χ2v) is 3.92. The van der Waals surface area contributed by atoms with E-state index < -0.39 is 6.10 Å². The Balaban J connectivity index is 2.36. The Morgan fingerprint density at radius 2 is 2.35 bits per heavy atom. The van der Waals surface area contributed by atoms with Crippen LogP contribution in [0.5, 0.6) is 0 Å². The van der Waals surface area contributed by atoms with Crippen LogP contribution in [0.25, 0.3) is 5.78 Å². The molecule has 0 saturated carbocycles. The smallest absolute Gasteiger partial charge is 0.255 e. The summed E-state index contributed by atoms with van der Waals surface area (Å²) in [7, 11) is 0. The number of fused-ring (bicyclic) bond motifs is 1. The van der Waals surface area contributed by atoms with E-state index in [-0.39, 0.29) is 13.2 Å². The Morgan fingerprint density at radius 3 is 3.06 bits per heavy atom. The molecule has 0 saturated heterocycles. The van der Waals surface area contributed by atoms with Gasteiger partial charge < -0.3 is 15.5 Å². The average Bonchev–Trinajstić information content (AvgIpc) is 2.76. The molecule has 3 N–H and O–H groups in total. The van der Waals surface area contributed by atoms with Crippen molar-refractivity contribution in [3.63, 3.8) is 0 Å². The van der Waals surface area contributed by atoms with E-state index in [1.54, 1.807) is 6.92 Å². The number of aliphatic hydroxyl groups is 2. The molecule has 1 atom stereocenters. The van der Waals surface area contributed by atoms with Crippen molar-refractivity contribution in [3.8, 4) is 0 Å². The quantitative estimate of drug-likeness (QED) is 0.660. The number of rotatable bonds is 4. The molecule has 0 aliphatic carbocycles. The van der Waals surface area contributed by atoms with Crippen LogP contribution in [0.3, 0.4) is 0 Å². The van der Waals surface area contributed by atoms with Gasteiger partial charge in [0.25, 0.3) is 5.78 Å². The van der Waals surface area contributed by atoms with E-state index >= 15 is 0 Å². The molecule has 0 aliphatic heterocycles. The predicted molar refractivity (Wildman–Crippen MR) is 62.1 cm³/mol. The first-order valence-electron chi connectivity index (χ1n) is 5.02. The van der Waals surface area contributed by atoms with Crippen LogP contribution in [-0.2, 0) is 0 Å². The molecule has 2 aromatic heterocycles. The van der Waals surface area contributed by atoms with E-state index in [1.165, 1.54) is 10.8 Å². The van der Waals surface area contributed by atoms with Crippen molar-refractivity contribution >= 4 is 23.2 Å². The maximum atomic E-state index is 9.30. The van der Waals surface area contributed by atoms with Gasteiger partial charge in [-0.05, 0) is 6.92 Å². The SMILES string of the molecule is Cc1c(Cl)nc2ncnn2c1NCC(O)CO. The lowest BCUT2D eigenvalue weighted by Crippen LogP contribution is -2.24. The summed E-state index contributed by atoms with van der Waals surface area (Å²) in [5.74, 6) is 0.978. The highest BCUT2D eigenvalue weighted by Gasteiger charge is 2.12. The predicted octanol–water partition coefficient (Wildman–Crippen LogP) is -0.149. The summed E-state index contributed by atoms with van der Waals surface area (Å²) in [5.41, 5.74) is 0.704. The zero-order valence-electron chi connectivity index (χ0n) is 9.13. The average molecular weight is 258 g/mol. The van der Waals surface area contributed by atoms with Crippen molar-refractivity contribution in [1.82, 2.24) is 19.6 Å². The van der Waals surface area contributed by atoms with Crippen molar-refractivity contribution in [3.05, 3.63) is 17.0 Å². The molecule has 0 aromatic carbocycles. The maximum absolute atomic E-state index is 9.30. The minimum absolute atomic E-state index is 0.187. The number of nitrogens with one attached hydrogen (secondary N) is 1. The fraction of sp³-hybridized carbons (Fsp3) is 0.444. The monoisotopic (exact) mass is 257 g/mol. The molecule has 1 unspecified atom stereocenters. The van der Waals surface area contributed by atoms with Crippen molar-refractivity contribution in [2.45, 2.75) is 13.0 Å². The van der Waals surface area contributed by atoms with Gasteiger partial charge in [0, 0.05) is 12.1 Å². The topological polar surface area (TPSA) is 95.6 Å². The zero-order chi connectivity index (χ0) is 12.4. The lowest BCUT2D eigenvalue weighted by atomic mass is 10.3. The molecule has 2 rings (SSSR count). The third kappa shape index (κ3) is 2.31. The number of hydrogen-bond acceptors (Lipinski definition) is 6. The van der Waals surface area contributed by atoms with Crippen LogP contribution in [0, 0.1) is 6.92 Å². The van der Waals surface area contributed by atoms with Gasteiger partial charge in [-0.15, -0.1) is 0 Å². The minimum atomic E-state index is -0.847. The molecule has 8 heteroatoms. The first-order valence-corrected chi connectivity index (χ1v) is 5.40. The summed E-state index contributed by atoms with van der Waals surface area (Å²) < 4.78 is 1.49. The third-order valence-electron chi connectivity index (χ3n) is 2.32. The number of hydrogen-bond donors (Lipinski definition) is 3. The van der Waals surface area contributed by atoms with Crippen LogP contribution >= 0.6 is 11.6 Å². The largest absolute Gasteiger partial charge is 0.394 e. The third-order valence-corrected chi connectivity index (χ3v) is 2.69. The first kappa shape index (κ1) is 12.0. The fourth-order valence-corrected chi connectivity index (χ4v) is 1.55. The molecule has 0 aliphatic rings. The van der Waals surface area contributed by atoms with E-state index in [4.69, 9.17) is 16.7 Å². The van der Waals surface area contributed by atoms with Crippen LogP contribution in [0.4, 0.5) is 5.82 Å². The van der Waals surface area contributed by atoms with Crippen LogP contribution in [0.15, 0.2) is 6.33 Å². The number of aliphatic hydroxyl groups excluding tert-OH is 2. The van der Waals surface area contributed by atoms with Gasteiger partial charge in [-0.2, -0.15) is 19.6 Å². The van der Waals surface area contributed by atoms with Gasteiger partial charge in [-0.1, -0.05) is 11.6 Å². The molecule has 0 fully saturated rings. The van der Waals surface area contributed by atoms with E-state index in [0.717, 1.165) is 0 Å². The molecular weight excluding hydrogens is 246 g/mol. The summed E-state index contributed by atoms with van der Waals surface area (Å²) in [6.45, 7) is 1.65. The first-order chi connectivity index (χ1) is 8.13. The van der Waals surface area contributed by atoms with Crippen LogP contribution in [0.1, 0.15) is 5.56 Å². The summed E-state index contributed by atoms with van der Waals surface area (Å²) in [5, 5.41) is 25.3. The Morgan fingerprint density at radius 1 is 1.59 bits per heavy atom. The van der Waals surface area contributed by atoms with Gasteiger partial charge in [0.15, 0.2) is 0 Å². The maximum Gasteiger partial charge on any atom is 0.255 e. The number of anilines is 1. The Kier molecular flexibility index (Phi) is 3.41. The normalized spacial score (nSPS) is 12.9. The molecule has 0 radical (unpaired) electrons. The second kappa shape index (κ2) is 4.82. The van der Waals surface area contributed by atoms with Gasteiger partial charge in [0.2, 0.25) is 0 Å². The summed E-state index contributed by atoms with van der Waals surface area (Å²) in [6, 6.07) is 0. The molecular formula is C9H12ClN5O2. The van der Waals surface area contributed by atoms with E-state index in [0.29, 0.717) is 22.3 Å². The fourth-order valence-electron chi connectivity index (χ4n) is 1.38. The molecule has 0 bridgehead atoms. The highest BCUT2D eigenvalue weighted by molar-refractivity contribution is 6.30. The van der Waals surface area contributed by atoms with E-state index in [9.17, 15) is 5.11 Å². The Hall–Kier alpha value is -1.44. The summed E-state index contributed by atoms with van der Waals surface area (Å²) in [6.07, 6.45) is 0.520.